The van der Waals surface area contributed by atoms with E-state index in [9.17, 15) is 18.8 Å². The summed E-state index contributed by atoms with van der Waals surface area (Å²) in [6.07, 6.45) is 2.83. The lowest BCUT2D eigenvalue weighted by Gasteiger charge is -2.32. The Morgan fingerprint density at radius 3 is 2.76 bits per heavy atom. The number of hydrogen-bond acceptors (Lipinski definition) is 4. The summed E-state index contributed by atoms with van der Waals surface area (Å²) >= 11 is 0. The highest BCUT2D eigenvalue weighted by molar-refractivity contribution is 5.93. The van der Waals surface area contributed by atoms with Crippen LogP contribution in [0.1, 0.15) is 23.2 Å². The van der Waals surface area contributed by atoms with Gasteiger partial charge in [-0.3, -0.25) is 14.6 Å². The lowest BCUT2D eigenvalue weighted by Crippen LogP contribution is -2.44. The van der Waals surface area contributed by atoms with E-state index in [-0.39, 0.29) is 17.3 Å². The number of carbonyl (C=O) groups excluding carboxylic acids is 1. The lowest BCUT2D eigenvalue weighted by atomic mass is 9.98. The lowest BCUT2D eigenvalue weighted by molar-refractivity contribution is 0.0631. The second-order valence-electron chi connectivity index (χ2n) is 6.01. The third-order valence-corrected chi connectivity index (χ3v) is 4.16. The quantitative estimate of drug-likeness (QED) is 0.867. The number of piperidine rings is 1. The van der Waals surface area contributed by atoms with E-state index in [4.69, 9.17) is 4.74 Å². The molecule has 0 saturated carbocycles. The molecular formula is C17H18FN3O4. The van der Waals surface area contributed by atoms with Gasteiger partial charge in [-0.15, -0.1) is 0 Å². The topological polar surface area (TPSA) is 95.3 Å². The van der Waals surface area contributed by atoms with Crippen LogP contribution in [-0.4, -0.2) is 40.5 Å². The van der Waals surface area contributed by atoms with Crippen LogP contribution in [0.2, 0.25) is 0 Å². The van der Waals surface area contributed by atoms with Crippen LogP contribution in [0, 0.1) is 11.7 Å². The summed E-state index contributed by atoms with van der Waals surface area (Å²) in [5.41, 5.74) is -1.43. The summed E-state index contributed by atoms with van der Waals surface area (Å²) in [6, 6.07) is 5.77. The Hall–Kier alpha value is -2.90. The van der Waals surface area contributed by atoms with Gasteiger partial charge in [0.15, 0.2) is 0 Å². The first kappa shape index (κ1) is 16.9. The Kier molecular flexibility index (Phi) is 4.97. The highest BCUT2D eigenvalue weighted by Gasteiger charge is 2.26. The number of aromatic amines is 2. The zero-order valence-electron chi connectivity index (χ0n) is 13.5. The van der Waals surface area contributed by atoms with Gasteiger partial charge in [0.2, 0.25) is 0 Å². The van der Waals surface area contributed by atoms with Crippen LogP contribution in [0.25, 0.3) is 0 Å². The molecule has 1 fully saturated rings. The van der Waals surface area contributed by atoms with Crippen LogP contribution in [0.4, 0.5) is 4.39 Å². The Morgan fingerprint density at radius 2 is 2.04 bits per heavy atom. The molecule has 1 atom stereocenters. The summed E-state index contributed by atoms with van der Waals surface area (Å²) < 4.78 is 18.5. The van der Waals surface area contributed by atoms with E-state index >= 15 is 0 Å². The van der Waals surface area contributed by atoms with Crippen molar-refractivity contribution in [1.29, 1.82) is 0 Å². The number of aromatic nitrogens is 2. The van der Waals surface area contributed by atoms with Crippen molar-refractivity contribution in [2.75, 3.05) is 19.7 Å². The van der Waals surface area contributed by atoms with E-state index in [1.54, 1.807) is 17.0 Å². The highest BCUT2D eigenvalue weighted by Crippen LogP contribution is 2.20. The molecule has 2 aromatic rings. The van der Waals surface area contributed by atoms with Gasteiger partial charge in [0.05, 0.1) is 6.61 Å². The third-order valence-electron chi connectivity index (χ3n) is 4.16. The molecule has 1 saturated heterocycles. The molecule has 1 aromatic heterocycles. The maximum absolute atomic E-state index is 12.9. The van der Waals surface area contributed by atoms with E-state index in [1.807, 2.05) is 0 Å². The Morgan fingerprint density at radius 1 is 1.28 bits per heavy atom. The van der Waals surface area contributed by atoms with Crippen LogP contribution in [0.15, 0.2) is 40.1 Å². The van der Waals surface area contributed by atoms with Crippen LogP contribution < -0.4 is 16.0 Å². The SMILES string of the molecule is O=C(c1c[nH]c(=O)[nH]c1=O)N1CCC[C@H](COc2ccc(F)cc2)C1. The molecule has 0 aliphatic carbocycles. The molecule has 2 heterocycles. The number of halogens is 1. The van der Waals surface area contributed by atoms with Gasteiger partial charge in [-0.05, 0) is 37.1 Å². The average molecular weight is 347 g/mol. The van der Waals surface area contributed by atoms with Crippen molar-refractivity contribution in [2.24, 2.45) is 5.92 Å². The minimum Gasteiger partial charge on any atom is -0.493 e. The van der Waals surface area contributed by atoms with Crippen molar-refractivity contribution in [2.45, 2.75) is 12.8 Å². The number of benzene rings is 1. The van der Waals surface area contributed by atoms with E-state index in [0.717, 1.165) is 19.0 Å². The Labute approximate surface area is 142 Å². The smallest absolute Gasteiger partial charge is 0.325 e. The van der Waals surface area contributed by atoms with E-state index in [0.29, 0.717) is 25.4 Å². The number of carbonyl (C=O) groups is 1. The van der Waals surface area contributed by atoms with Crippen molar-refractivity contribution < 1.29 is 13.9 Å². The second kappa shape index (κ2) is 7.33. The number of nitrogens with one attached hydrogen (secondary N) is 2. The van der Waals surface area contributed by atoms with Gasteiger partial charge in [-0.25, -0.2) is 9.18 Å². The summed E-state index contributed by atoms with van der Waals surface area (Å²) in [6.45, 7) is 1.40. The highest BCUT2D eigenvalue weighted by atomic mass is 19.1. The van der Waals surface area contributed by atoms with Crippen LogP contribution >= 0.6 is 0 Å². The summed E-state index contributed by atoms with van der Waals surface area (Å²) in [5, 5.41) is 0. The number of H-pyrrole nitrogens is 2. The Balaban J connectivity index is 1.62. The van der Waals surface area contributed by atoms with Crippen molar-refractivity contribution in [3.05, 3.63) is 62.7 Å². The van der Waals surface area contributed by atoms with Crippen molar-refractivity contribution >= 4 is 5.91 Å². The van der Waals surface area contributed by atoms with Crippen molar-refractivity contribution in [1.82, 2.24) is 14.9 Å². The molecule has 7 nitrogen and oxygen atoms in total. The fourth-order valence-electron chi connectivity index (χ4n) is 2.87. The molecule has 0 radical (unpaired) electrons. The predicted molar refractivity (Wildman–Crippen MR) is 88.2 cm³/mol. The van der Waals surface area contributed by atoms with E-state index < -0.39 is 17.2 Å². The van der Waals surface area contributed by atoms with E-state index in [1.165, 1.54) is 12.1 Å². The van der Waals surface area contributed by atoms with Gasteiger partial charge in [0, 0.05) is 25.2 Å². The zero-order chi connectivity index (χ0) is 17.8. The molecule has 3 rings (SSSR count). The standard InChI is InChI=1S/C17H18FN3O4/c18-12-3-5-13(6-4-12)25-10-11-2-1-7-21(9-11)16(23)14-8-19-17(24)20-15(14)22/h3-6,8,11H,1-2,7,9-10H2,(H2,19,20,22,24)/t11-/m0/s1. The number of ether oxygens (including phenoxy) is 1. The molecule has 25 heavy (non-hydrogen) atoms. The van der Waals surface area contributed by atoms with Crippen LogP contribution in [0.5, 0.6) is 5.75 Å². The van der Waals surface area contributed by atoms with Crippen LogP contribution in [0.3, 0.4) is 0 Å². The molecule has 0 spiro atoms. The minimum absolute atomic E-state index is 0.0836. The van der Waals surface area contributed by atoms with Crippen LogP contribution in [-0.2, 0) is 0 Å². The van der Waals surface area contributed by atoms with E-state index in [2.05, 4.69) is 9.97 Å². The maximum atomic E-state index is 12.9. The first-order valence-electron chi connectivity index (χ1n) is 8.02. The minimum atomic E-state index is -0.696. The Bertz CT molecular complexity index is 859. The summed E-state index contributed by atoms with van der Waals surface area (Å²) in [5.74, 6) is -0.0524. The van der Waals surface area contributed by atoms with Gasteiger partial charge in [-0.2, -0.15) is 0 Å². The first-order valence-corrected chi connectivity index (χ1v) is 8.02. The van der Waals surface area contributed by atoms with Gasteiger partial charge < -0.3 is 14.6 Å². The molecule has 8 heteroatoms. The largest absolute Gasteiger partial charge is 0.493 e. The monoisotopic (exact) mass is 347 g/mol. The van der Waals surface area contributed by atoms with Gasteiger partial charge >= 0.3 is 5.69 Å². The summed E-state index contributed by atoms with van der Waals surface area (Å²) in [4.78, 5) is 41.3. The van der Waals surface area contributed by atoms with Gasteiger partial charge in [0.1, 0.15) is 17.1 Å². The molecule has 132 valence electrons. The van der Waals surface area contributed by atoms with Gasteiger partial charge in [-0.1, -0.05) is 0 Å². The second-order valence-corrected chi connectivity index (χ2v) is 6.01. The zero-order valence-corrected chi connectivity index (χ0v) is 13.5. The summed E-state index contributed by atoms with van der Waals surface area (Å²) in [7, 11) is 0. The molecule has 0 unspecified atom stereocenters. The molecule has 2 N–H and O–H groups in total. The molecule has 1 aliphatic rings. The molecular weight excluding hydrogens is 329 g/mol. The third kappa shape index (κ3) is 4.14. The molecule has 0 bridgehead atoms. The number of rotatable bonds is 4. The van der Waals surface area contributed by atoms with Crippen molar-refractivity contribution in [3.63, 3.8) is 0 Å². The fraction of sp³-hybridized carbons (Fsp3) is 0.353. The molecule has 1 aromatic carbocycles. The molecule has 1 aliphatic heterocycles. The fourth-order valence-corrected chi connectivity index (χ4v) is 2.87. The first-order chi connectivity index (χ1) is 12.0. The predicted octanol–water partition coefficient (Wildman–Crippen LogP) is 1.13. The normalized spacial score (nSPS) is 17.3. The number of likely N-dealkylation sites (tertiary alicyclic amines) is 1. The van der Waals surface area contributed by atoms with Crippen molar-refractivity contribution in [3.8, 4) is 5.75 Å². The van der Waals surface area contributed by atoms with Gasteiger partial charge in [0.25, 0.3) is 11.5 Å². The number of nitrogens with zero attached hydrogens (tertiary/aromatic N) is 1. The maximum Gasteiger partial charge on any atom is 0.325 e. The number of hydrogen-bond donors (Lipinski definition) is 2. The number of amides is 1. The average Bonchev–Trinajstić information content (AvgIpc) is 2.61. The molecule has 1 amide bonds.